The number of hydrogen-bond donors (Lipinski definition) is 0. The molecule has 2 aromatic carbocycles. The highest BCUT2D eigenvalue weighted by atomic mass is 16.1. The van der Waals surface area contributed by atoms with Crippen LogP contribution in [0.1, 0.15) is 97.4 Å². The first-order valence-corrected chi connectivity index (χ1v) is 12.5. The smallest absolute Gasteiger partial charge is 0.163 e. The molecule has 2 nitrogen and oxygen atoms in total. The van der Waals surface area contributed by atoms with E-state index in [1.54, 1.807) is 0 Å². The first-order valence-electron chi connectivity index (χ1n) is 12.5. The van der Waals surface area contributed by atoms with E-state index in [0.717, 1.165) is 30.7 Å². The van der Waals surface area contributed by atoms with E-state index in [2.05, 4.69) is 46.4 Å². The summed E-state index contributed by atoms with van der Waals surface area (Å²) in [6, 6.07) is 12.1. The van der Waals surface area contributed by atoms with Crippen molar-refractivity contribution in [2.24, 2.45) is 0 Å². The van der Waals surface area contributed by atoms with Gasteiger partial charge in [0.15, 0.2) is 11.6 Å². The van der Waals surface area contributed by atoms with Crippen LogP contribution in [0, 0.1) is 13.8 Å². The Kier molecular flexibility index (Phi) is 18.4. The van der Waals surface area contributed by atoms with Gasteiger partial charge in [0.25, 0.3) is 0 Å². The molecule has 0 aliphatic heterocycles. The van der Waals surface area contributed by atoms with Crippen molar-refractivity contribution in [2.45, 2.75) is 102 Å². The predicted molar refractivity (Wildman–Crippen MR) is 145 cm³/mol. The van der Waals surface area contributed by atoms with Gasteiger partial charge in [0, 0.05) is 24.0 Å². The molecule has 2 aliphatic rings. The second kappa shape index (κ2) is 18.4. The summed E-state index contributed by atoms with van der Waals surface area (Å²) in [6.45, 7) is 23.5. The molecule has 0 saturated carbocycles. The molecule has 0 aromatic heterocycles. The van der Waals surface area contributed by atoms with Crippen LogP contribution >= 0.6 is 0 Å². The minimum atomic E-state index is 0.306. The second-order valence-corrected chi connectivity index (χ2v) is 7.90. The lowest BCUT2D eigenvalue weighted by Crippen LogP contribution is -1.90. The molecule has 2 aliphatic carbocycles. The number of aryl methyl sites for hydroxylation is 4. The van der Waals surface area contributed by atoms with Gasteiger partial charge in [0.05, 0.1) is 0 Å². The van der Waals surface area contributed by atoms with E-state index in [4.69, 9.17) is 0 Å². The largest absolute Gasteiger partial charge is 0.294 e. The molecule has 0 spiro atoms. The Morgan fingerprint density at radius 2 is 0.844 bits per heavy atom. The number of carbonyl (C=O) groups is 2. The van der Waals surface area contributed by atoms with Gasteiger partial charge in [-0.05, 0) is 37.8 Å². The highest BCUT2D eigenvalue weighted by Gasteiger charge is 2.18. The Morgan fingerprint density at radius 1 is 0.562 bits per heavy atom. The van der Waals surface area contributed by atoms with Crippen molar-refractivity contribution in [3.63, 3.8) is 0 Å². The average Bonchev–Trinajstić information content (AvgIpc) is 3.34. The van der Waals surface area contributed by atoms with Crippen LogP contribution in [-0.2, 0) is 12.8 Å². The Bertz CT molecular complexity index is 739. The van der Waals surface area contributed by atoms with Crippen molar-refractivity contribution < 1.29 is 9.59 Å². The summed E-state index contributed by atoms with van der Waals surface area (Å²) in [5.41, 5.74) is 6.84. The predicted octanol–water partition coefficient (Wildman–Crippen LogP) is 8.70. The molecule has 0 fully saturated rings. The van der Waals surface area contributed by atoms with E-state index in [1.807, 2.05) is 65.8 Å². The van der Waals surface area contributed by atoms with Crippen LogP contribution in [-0.4, -0.2) is 18.3 Å². The van der Waals surface area contributed by atoms with Crippen LogP contribution in [0.15, 0.2) is 36.4 Å². The fourth-order valence-electron chi connectivity index (χ4n) is 3.17. The Morgan fingerprint density at radius 3 is 1.12 bits per heavy atom. The first kappa shape index (κ1) is 32.0. The molecule has 2 aromatic rings. The summed E-state index contributed by atoms with van der Waals surface area (Å²) in [6.07, 6.45) is 3.29. The fourth-order valence-corrected chi connectivity index (χ4v) is 3.17. The molecular formula is C29H47BO2. The molecule has 0 radical (unpaired) electrons. The van der Waals surface area contributed by atoms with Crippen molar-refractivity contribution in [3.05, 3.63) is 69.8 Å². The molecule has 0 bridgehead atoms. The summed E-state index contributed by atoms with van der Waals surface area (Å²) in [7, 11) is 0. The third-order valence-electron chi connectivity index (χ3n) is 4.37. The van der Waals surface area contributed by atoms with Crippen LogP contribution in [0.2, 0.25) is 20.5 Å². The lowest BCUT2D eigenvalue weighted by Gasteiger charge is -1.97. The summed E-state index contributed by atoms with van der Waals surface area (Å²) in [5.74, 6) is 0.611. The van der Waals surface area contributed by atoms with E-state index < -0.39 is 0 Å². The fraction of sp³-hybridized carbons (Fsp3) is 0.517. The maximum Gasteiger partial charge on any atom is 0.163 e. The van der Waals surface area contributed by atoms with Crippen molar-refractivity contribution >= 4 is 18.3 Å². The van der Waals surface area contributed by atoms with E-state index in [-0.39, 0.29) is 0 Å². The summed E-state index contributed by atoms with van der Waals surface area (Å²) >= 11 is 0. The lowest BCUT2D eigenvalue weighted by molar-refractivity contribution is 0.0986. The zero-order chi connectivity index (χ0) is 25.3. The number of carbonyl (C=O) groups excluding carboxylic acids is 2. The van der Waals surface area contributed by atoms with E-state index in [9.17, 15) is 9.59 Å². The number of Topliss-reactive ketones (excluding diaryl/α,β-unsaturated/α-hetero) is 2. The molecule has 178 valence electrons. The summed E-state index contributed by atoms with van der Waals surface area (Å²) in [4.78, 5) is 22.4. The Balaban J connectivity index is 0. The molecule has 0 amide bonds. The van der Waals surface area contributed by atoms with E-state index in [1.165, 1.54) is 22.3 Å². The normalized spacial score (nSPS) is 11.8. The minimum Gasteiger partial charge on any atom is -0.294 e. The van der Waals surface area contributed by atoms with Crippen LogP contribution in [0.5, 0.6) is 0 Å². The standard InChI is InChI=1S/2C10H10O.C3H9B.3C2H6/c2*1-7-2-4-9-8(6-7)3-5-10(9)11;1-4(2)3;3*1-2/h2*2,4,6H,3,5H2,1H3;1-3H3;3*1-2H3. The SMILES string of the molecule is CB(C)C.CC.CC.CC.Cc1ccc2c(c1)CCC2=O.Cc1ccc2c(c1)CCC2=O. The molecular weight excluding hydrogens is 391 g/mol. The highest BCUT2D eigenvalue weighted by Crippen LogP contribution is 2.23. The Hall–Kier alpha value is -2.16. The van der Waals surface area contributed by atoms with Gasteiger partial charge >= 0.3 is 0 Å². The summed E-state index contributed by atoms with van der Waals surface area (Å²) < 4.78 is 0. The van der Waals surface area contributed by atoms with Gasteiger partial charge in [0.2, 0.25) is 0 Å². The molecule has 0 heterocycles. The molecule has 0 atom stereocenters. The molecule has 0 unspecified atom stereocenters. The van der Waals surface area contributed by atoms with Gasteiger partial charge in [-0.3, -0.25) is 9.59 Å². The lowest BCUT2D eigenvalue weighted by atomic mass is 9.58. The van der Waals surface area contributed by atoms with Crippen molar-refractivity contribution in [2.75, 3.05) is 0 Å². The molecule has 0 N–H and O–H groups in total. The third kappa shape index (κ3) is 11.5. The average molecular weight is 439 g/mol. The van der Waals surface area contributed by atoms with Gasteiger partial charge in [-0.25, -0.2) is 0 Å². The van der Waals surface area contributed by atoms with E-state index in [0.29, 0.717) is 24.4 Å². The molecule has 3 heteroatoms. The number of ketones is 2. The van der Waals surface area contributed by atoms with Crippen molar-refractivity contribution in [1.82, 2.24) is 0 Å². The maximum absolute atomic E-state index is 11.2. The van der Waals surface area contributed by atoms with Crippen LogP contribution in [0.25, 0.3) is 0 Å². The maximum atomic E-state index is 11.2. The molecule has 32 heavy (non-hydrogen) atoms. The van der Waals surface area contributed by atoms with Gasteiger partial charge in [0.1, 0.15) is 6.71 Å². The second-order valence-electron chi connectivity index (χ2n) is 7.90. The van der Waals surface area contributed by atoms with Gasteiger partial charge in [-0.1, -0.05) is 110 Å². The number of fused-ring (bicyclic) bond motifs is 2. The highest BCUT2D eigenvalue weighted by molar-refractivity contribution is 6.54. The number of benzene rings is 2. The first-order chi connectivity index (χ1) is 15.3. The van der Waals surface area contributed by atoms with E-state index >= 15 is 0 Å². The monoisotopic (exact) mass is 438 g/mol. The van der Waals surface area contributed by atoms with Gasteiger partial charge in [-0.2, -0.15) is 0 Å². The minimum absolute atomic E-state index is 0.306. The van der Waals surface area contributed by atoms with Gasteiger partial charge < -0.3 is 0 Å². The van der Waals surface area contributed by atoms with Crippen LogP contribution in [0.3, 0.4) is 0 Å². The Labute approximate surface area is 199 Å². The third-order valence-corrected chi connectivity index (χ3v) is 4.37. The topological polar surface area (TPSA) is 34.1 Å². The number of hydrogen-bond acceptors (Lipinski definition) is 2. The molecule has 4 rings (SSSR count). The van der Waals surface area contributed by atoms with Crippen molar-refractivity contribution in [3.8, 4) is 0 Å². The van der Waals surface area contributed by atoms with Crippen LogP contribution < -0.4 is 0 Å². The zero-order valence-electron chi connectivity index (χ0n) is 22.7. The van der Waals surface area contributed by atoms with Crippen molar-refractivity contribution in [1.29, 1.82) is 0 Å². The zero-order valence-corrected chi connectivity index (χ0v) is 22.7. The van der Waals surface area contributed by atoms with Crippen LogP contribution in [0.4, 0.5) is 0 Å². The summed E-state index contributed by atoms with van der Waals surface area (Å²) in [5, 5.41) is 0. The number of rotatable bonds is 0. The van der Waals surface area contributed by atoms with Gasteiger partial charge in [-0.15, -0.1) is 0 Å². The quantitative estimate of drug-likeness (QED) is 0.386. The molecule has 0 saturated heterocycles.